The molecule has 0 radical (unpaired) electrons. The number of esters is 1. The molecule has 1 aliphatic rings. The molecule has 1 amide bonds. The molecule has 2 aromatic carbocycles. The molecular weight excluding hydrogens is 435 g/mol. The second kappa shape index (κ2) is 10.2. The fraction of sp³-hybridized carbons (Fsp3) is 0.263. The number of hydrogen-bond donors (Lipinski definition) is 2. The average molecular weight is 455 g/mol. The first-order valence-corrected chi connectivity index (χ1v) is 9.34. The normalized spacial score (nSPS) is 21.1. The molecule has 0 aromatic heterocycles. The Hall–Kier alpha value is -2.88. The Bertz CT molecular complexity index is 887. The third kappa shape index (κ3) is 4.64. The predicted molar refractivity (Wildman–Crippen MR) is 103 cm³/mol. The number of ether oxygens (including phenoxy) is 1. The number of halogens is 2. The van der Waals surface area contributed by atoms with Crippen LogP contribution in [-0.4, -0.2) is 34.2 Å². The van der Waals surface area contributed by atoms with Gasteiger partial charge in [-0.15, -0.1) is 5.01 Å². The van der Waals surface area contributed by atoms with Gasteiger partial charge in [0.1, 0.15) is 22.3 Å². The van der Waals surface area contributed by atoms with Crippen molar-refractivity contribution in [2.45, 2.75) is 19.0 Å². The van der Waals surface area contributed by atoms with E-state index in [1.54, 1.807) is 61.5 Å². The number of rotatable bonds is 7. The minimum Gasteiger partial charge on any atom is -1.00 e. The van der Waals surface area contributed by atoms with Crippen molar-refractivity contribution in [2.24, 2.45) is 5.92 Å². The number of nitro groups is 1. The van der Waals surface area contributed by atoms with Crippen LogP contribution in [0.3, 0.4) is 0 Å². The van der Waals surface area contributed by atoms with Gasteiger partial charge < -0.3 is 22.5 Å². The summed E-state index contributed by atoms with van der Waals surface area (Å²) < 4.78 is 5.48. The summed E-state index contributed by atoms with van der Waals surface area (Å²) in [5.74, 6) is -2.20. The Morgan fingerprint density at radius 1 is 1.20 bits per heavy atom. The smallest absolute Gasteiger partial charge is 0.318 e. The SMILES string of the molecule is CCOC(=O)C1C(c2ccccc2)NC(=O)C1[NH+](c1ccccc1)N(Cl)[N+](=O)[O-].[Cl-]. The molecule has 1 saturated heterocycles. The third-order valence-corrected chi connectivity index (χ3v) is 5.03. The minimum atomic E-state index is -1.20. The molecule has 0 spiro atoms. The highest BCUT2D eigenvalue weighted by atomic mass is 35.5. The fourth-order valence-corrected chi connectivity index (χ4v) is 3.74. The van der Waals surface area contributed by atoms with E-state index in [0.29, 0.717) is 11.3 Å². The highest BCUT2D eigenvalue weighted by Crippen LogP contribution is 2.31. The van der Waals surface area contributed by atoms with Crippen LogP contribution in [0.2, 0.25) is 0 Å². The molecule has 1 fully saturated rings. The van der Waals surface area contributed by atoms with E-state index in [9.17, 15) is 19.7 Å². The van der Waals surface area contributed by atoms with Gasteiger partial charge in [0.15, 0.2) is 5.69 Å². The Balaban J connectivity index is 0.00000320. The van der Waals surface area contributed by atoms with E-state index >= 15 is 0 Å². The van der Waals surface area contributed by atoms with Crippen molar-refractivity contribution in [1.29, 1.82) is 0 Å². The van der Waals surface area contributed by atoms with Crippen molar-refractivity contribution in [3.8, 4) is 0 Å². The number of carbonyl (C=O) groups excluding carboxylic acids is 2. The monoisotopic (exact) mass is 454 g/mol. The lowest BCUT2D eigenvalue weighted by Gasteiger charge is -2.26. The van der Waals surface area contributed by atoms with Crippen LogP contribution in [0, 0.1) is 16.0 Å². The summed E-state index contributed by atoms with van der Waals surface area (Å²) in [7, 11) is 0. The summed E-state index contributed by atoms with van der Waals surface area (Å²) in [4.78, 5) is 37.3. The van der Waals surface area contributed by atoms with Crippen LogP contribution in [-0.2, 0) is 14.3 Å². The van der Waals surface area contributed by atoms with Crippen LogP contribution in [0.5, 0.6) is 0 Å². The van der Waals surface area contributed by atoms with Gasteiger partial charge in [0.2, 0.25) is 11.1 Å². The van der Waals surface area contributed by atoms with Gasteiger partial charge in [0.05, 0.1) is 12.6 Å². The number of para-hydroxylation sites is 1. The van der Waals surface area contributed by atoms with Gasteiger partial charge in [-0.25, -0.2) is 10.1 Å². The molecule has 160 valence electrons. The highest BCUT2D eigenvalue weighted by molar-refractivity contribution is 6.11. The maximum Gasteiger partial charge on any atom is 0.318 e. The average Bonchev–Trinajstić information content (AvgIpc) is 3.07. The lowest BCUT2D eigenvalue weighted by molar-refractivity contribution is -1.07. The van der Waals surface area contributed by atoms with Crippen molar-refractivity contribution < 1.29 is 36.8 Å². The Labute approximate surface area is 184 Å². The molecule has 4 unspecified atom stereocenters. The van der Waals surface area contributed by atoms with E-state index in [2.05, 4.69) is 5.32 Å². The zero-order valence-electron chi connectivity index (χ0n) is 15.9. The number of benzene rings is 2. The van der Waals surface area contributed by atoms with Gasteiger partial charge in [0, 0.05) is 12.1 Å². The van der Waals surface area contributed by atoms with Crippen LogP contribution in [0.25, 0.3) is 0 Å². The Kier molecular flexibility index (Phi) is 7.99. The van der Waals surface area contributed by atoms with Gasteiger partial charge in [-0.2, -0.15) is 0 Å². The van der Waals surface area contributed by atoms with E-state index in [1.165, 1.54) is 0 Å². The topological polar surface area (TPSA) is 106 Å². The quantitative estimate of drug-likeness (QED) is 0.221. The van der Waals surface area contributed by atoms with Crippen LogP contribution < -0.4 is 22.7 Å². The van der Waals surface area contributed by atoms with Crippen LogP contribution in [0.1, 0.15) is 18.5 Å². The summed E-state index contributed by atoms with van der Waals surface area (Å²) in [5, 5.41) is 13.3. The number of carbonyl (C=O) groups is 2. The van der Waals surface area contributed by atoms with Gasteiger partial charge in [-0.1, -0.05) is 48.5 Å². The molecule has 2 aromatic rings. The molecule has 0 bridgehead atoms. The first-order valence-electron chi connectivity index (χ1n) is 9.00. The fourth-order valence-electron chi connectivity index (χ4n) is 3.54. The lowest BCUT2D eigenvalue weighted by atomic mass is 9.90. The second-order valence-corrected chi connectivity index (χ2v) is 6.72. The molecular formula is C19H20Cl2N4O5. The molecule has 9 nitrogen and oxygen atoms in total. The predicted octanol–water partition coefficient (Wildman–Crippen LogP) is -1.81. The van der Waals surface area contributed by atoms with Crippen LogP contribution in [0.15, 0.2) is 60.7 Å². The molecule has 1 heterocycles. The van der Waals surface area contributed by atoms with E-state index in [0.717, 1.165) is 0 Å². The summed E-state index contributed by atoms with van der Waals surface area (Å²) in [5.41, 5.74) is 1.05. The number of quaternary nitrogens is 1. The Morgan fingerprint density at radius 2 is 1.77 bits per heavy atom. The maximum absolute atomic E-state index is 13.0. The molecule has 30 heavy (non-hydrogen) atoms. The van der Waals surface area contributed by atoms with E-state index in [4.69, 9.17) is 16.5 Å². The number of amides is 1. The molecule has 4 atom stereocenters. The first-order chi connectivity index (χ1) is 14.0. The van der Waals surface area contributed by atoms with Crippen LogP contribution in [0.4, 0.5) is 5.69 Å². The number of nitrogens with one attached hydrogen (secondary N) is 2. The van der Waals surface area contributed by atoms with E-state index in [1.807, 2.05) is 6.07 Å². The van der Waals surface area contributed by atoms with E-state index in [-0.39, 0.29) is 28.7 Å². The zero-order valence-corrected chi connectivity index (χ0v) is 17.4. The Morgan fingerprint density at radius 3 is 2.30 bits per heavy atom. The number of hydrazine groups is 1. The lowest BCUT2D eigenvalue weighted by Crippen LogP contribution is -3.18. The number of hydrogen-bond acceptors (Lipinski definition) is 5. The zero-order chi connectivity index (χ0) is 21.0. The van der Waals surface area contributed by atoms with Crippen molar-refractivity contribution in [2.75, 3.05) is 6.61 Å². The summed E-state index contributed by atoms with van der Waals surface area (Å²) in [6, 6.07) is 15.3. The molecule has 3 rings (SSSR count). The molecule has 0 saturated carbocycles. The third-order valence-electron chi connectivity index (χ3n) is 4.72. The summed E-state index contributed by atoms with van der Waals surface area (Å²) in [6.07, 6.45) is 0. The van der Waals surface area contributed by atoms with Gasteiger partial charge in [-0.3, -0.25) is 9.59 Å². The largest absolute Gasteiger partial charge is 1.00 e. The standard InChI is InChI=1S/C19H19ClN4O5.ClH/c1-2-29-19(26)15-16(13-9-5-3-6-10-13)21-18(25)17(15)22(23(20)24(27)28)14-11-7-4-8-12-14;/h3-12,15-17H,2H2,1H3,(H,21,25);1H. The molecule has 1 aliphatic heterocycles. The highest BCUT2D eigenvalue weighted by Gasteiger charge is 2.58. The van der Waals surface area contributed by atoms with Crippen molar-refractivity contribution in [3.63, 3.8) is 0 Å². The summed E-state index contributed by atoms with van der Waals surface area (Å²) in [6.45, 7) is 1.76. The van der Waals surface area contributed by atoms with E-state index < -0.39 is 34.9 Å². The minimum absolute atomic E-state index is 0. The molecule has 2 N–H and O–H groups in total. The maximum atomic E-state index is 13.0. The summed E-state index contributed by atoms with van der Waals surface area (Å²) >= 11 is 5.97. The van der Waals surface area contributed by atoms with Crippen LogP contribution >= 0.6 is 11.8 Å². The van der Waals surface area contributed by atoms with Crippen molar-refractivity contribution in [3.05, 3.63) is 76.3 Å². The van der Waals surface area contributed by atoms with Gasteiger partial charge in [-0.05, 0) is 12.5 Å². The molecule has 11 heteroatoms. The number of nitrogens with zero attached hydrogens (tertiary/aromatic N) is 2. The van der Waals surface area contributed by atoms with Crippen molar-refractivity contribution >= 4 is 29.3 Å². The molecule has 0 aliphatic carbocycles. The van der Waals surface area contributed by atoms with Gasteiger partial charge >= 0.3 is 5.97 Å². The first kappa shape index (κ1) is 23.4. The van der Waals surface area contributed by atoms with Crippen molar-refractivity contribution in [1.82, 2.24) is 9.95 Å². The second-order valence-electron chi connectivity index (χ2n) is 6.40. The van der Waals surface area contributed by atoms with Gasteiger partial charge in [0.25, 0.3) is 5.91 Å².